The Labute approximate surface area is 237 Å². The van der Waals surface area contributed by atoms with E-state index >= 15 is 0 Å². The lowest BCUT2D eigenvalue weighted by molar-refractivity contribution is -0.134. The molecule has 0 bridgehead atoms. The van der Waals surface area contributed by atoms with E-state index in [-0.39, 0.29) is 24.8 Å². The fraction of sp³-hybridized carbons (Fsp3) is 0.258. The molecule has 4 N–H and O–H groups in total. The average Bonchev–Trinajstić information content (AvgIpc) is 3.59. The molecule has 0 radical (unpaired) electrons. The van der Waals surface area contributed by atoms with Gasteiger partial charge in [0.05, 0.1) is 18.7 Å². The molecule has 5 rings (SSSR count). The number of hydrogen-bond donors (Lipinski definition) is 4. The molecule has 3 aromatic carbocycles. The van der Waals surface area contributed by atoms with Gasteiger partial charge in [-0.15, -0.1) is 5.10 Å². The highest BCUT2D eigenvalue weighted by molar-refractivity contribution is 5.91. The summed E-state index contributed by atoms with van der Waals surface area (Å²) < 4.78 is 1.64. The number of hydroxylamine groups is 1. The standard InChI is InChI=1S/C31H32N6O4/c38-29(33-25-12-13-28-23(17-25)16-22-9-4-5-10-27(22)28)11-6-14-37-20-26(34-36-37)19-32-31(40)24(18-30(39)35-41)15-21-7-2-1-3-8-21/h1-5,7-10,12-13,17,20,24,41H,6,11,14-16,18-19H2,(H,32,40)(H,33,38)(H,35,39). The topological polar surface area (TPSA) is 138 Å². The van der Waals surface area contributed by atoms with Gasteiger partial charge in [0.2, 0.25) is 17.7 Å². The summed E-state index contributed by atoms with van der Waals surface area (Å²) in [6.45, 7) is 0.648. The van der Waals surface area contributed by atoms with E-state index in [0.29, 0.717) is 31.5 Å². The predicted octanol–water partition coefficient (Wildman–Crippen LogP) is 3.64. The first-order chi connectivity index (χ1) is 20.0. The van der Waals surface area contributed by atoms with Crippen LogP contribution < -0.4 is 16.1 Å². The minimum atomic E-state index is -0.654. The summed E-state index contributed by atoms with van der Waals surface area (Å²) in [5.74, 6) is -1.67. The normalized spacial score (nSPS) is 12.2. The van der Waals surface area contributed by atoms with Crippen molar-refractivity contribution in [1.82, 2.24) is 25.8 Å². The molecule has 0 saturated carbocycles. The number of anilines is 1. The van der Waals surface area contributed by atoms with Gasteiger partial charge in [-0.1, -0.05) is 65.9 Å². The van der Waals surface area contributed by atoms with E-state index in [1.165, 1.54) is 22.3 Å². The van der Waals surface area contributed by atoms with Gasteiger partial charge in [0.1, 0.15) is 5.69 Å². The summed E-state index contributed by atoms with van der Waals surface area (Å²) in [6.07, 6.45) is 3.71. The average molecular weight is 553 g/mol. The monoisotopic (exact) mass is 552 g/mol. The maximum Gasteiger partial charge on any atom is 0.244 e. The van der Waals surface area contributed by atoms with E-state index in [4.69, 9.17) is 5.21 Å². The van der Waals surface area contributed by atoms with Crippen LogP contribution in [-0.2, 0) is 40.3 Å². The Hall–Kier alpha value is -4.83. The molecule has 0 spiro atoms. The van der Waals surface area contributed by atoms with Crippen LogP contribution in [0.5, 0.6) is 0 Å². The number of rotatable bonds is 12. The second-order valence-corrected chi connectivity index (χ2v) is 10.2. The molecule has 210 valence electrons. The molecule has 1 atom stereocenters. The van der Waals surface area contributed by atoms with Crippen molar-refractivity contribution in [3.05, 3.63) is 101 Å². The maximum atomic E-state index is 12.8. The van der Waals surface area contributed by atoms with Crippen molar-refractivity contribution in [2.45, 2.75) is 45.2 Å². The number of carbonyl (C=O) groups is 3. The third-order valence-corrected chi connectivity index (χ3v) is 7.15. The van der Waals surface area contributed by atoms with E-state index in [1.54, 1.807) is 16.4 Å². The lowest BCUT2D eigenvalue weighted by atomic mass is 9.95. The second kappa shape index (κ2) is 13.0. The van der Waals surface area contributed by atoms with Crippen molar-refractivity contribution in [2.75, 3.05) is 5.32 Å². The first-order valence-corrected chi connectivity index (χ1v) is 13.6. The van der Waals surface area contributed by atoms with E-state index in [9.17, 15) is 14.4 Å². The molecule has 1 aromatic heterocycles. The van der Waals surface area contributed by atoms with Crippen LogP contribution in [0.25, 0.3) is 11.1 Å². The Balaban J connectivity index is 1.06. The fourth-order valence-electron chi connectivity index (χ4n) is 5.12. The third-order valence-electron chi connectivity index (χ3n) is 7.15. The molecule has 41 heavy (non-hydrogen) atoms. The van der Waals surface area contributed by atoms with Crippen LogP contribution in [-0.4, -0.2) is 37.9 Å². The molecule has 1 unspecified atom stereocenters. The van der Waals surface area contributed by atoms with Crippen molar-refractivity contribution < 1.29 is 19.6 Å². The number of benzene rings is 3. The molecular formula is C31H32N6O4. The van der Waals surface area contributed by atoms with Crippen LogP contribution in [0.3, 0.4) is 0 Å². The Kier molecular flexibility index (Phi) is 8.80. The zero-order valence-electron chi connectivity index (χ0n) is 22.5. The quantitative estimate of drug-likeness (QED) is 0.138. The fourth-order valence-corrected chi connectivity index (χ4v) is 5.12. The predicted molar refractivity (Wildman–Crippen MR) is 153 cm³/mol. The number of nitrogens with zero attached hydrogens (tertiary/aromatic N) is 3. The SMILES string of the molecule is O=C(CC(Cc1ccccc1)C(=O)NCc1cn(CCCC(=O)Nc2ccc3c(c2)Cc2ccccc2-3)nn1)NO. The number of hydrogen-bond acceptors (Lipinski definition) is 6. The van der Waals surface area contributed by atoms with Crippen molar-refractivity contribution in [3.63, 3.8) is 0 Å². The molecular weight excluding hydrogens is 520 g/mol. The molecule has 10 nitrogen and oxygen atoms in total. The first-order valence-electron chi connectivity index (χ1n) is 13.6. The molecule has 4 aromatic rings. The molecule has 1 heterocycles. The van der Waals surface area contributed by atoms with Gasteiger partial charge in [0.15, 0.2) is 0 Å². The summed E-state index contributed by atoms with van der Waals surface area (Å²) in [4.78, 5) is 37.1. The van der Waals surface area contributed by atoms with Gasteiger partial charge in [-0.2, -0.15) is 0 Å². The summed E-state index contributed by atoms with van der Waals surface area (Å²) in [7, 11) is 0. The second-order valence-electron chi connectivity index (χ2n) is 10.2. The summed E-state index contributed by atoms with van der Waals surface area (Å²) in [6, 6.07) is 23.8. The summed E-state index contributed by atoms with van der Waals surface area (Å²) >= 11 is 0. The third kappa shape index (κ3) is 7.23. The van der Waals surface area contributed by atoms with Gasteiger partial charge in [-0.05, 0) is 59.2 Å². The van der Waals surface area contributed by atoms with Gasteiger partial charge in [0, 0.05) is 25.1 Å². The summed E-state index contributed by atoms with van der Waals surface area (Å²) in [5, 5.41) is 22.9. The van der Waals surface area contributed by atoms with Crippen LogP contribution in [0.1, 0.15) is 41.6 Å². The number of fused-ring (bicyclic) bond motifs is 3. The van der Waals surface area contributed by atoms with Gasteiger partial charge in [-0.25, -0.2) is 5.48 Å². The Bertz CT molecular complexity index is 1530. The van der Waals surface area contributed by atoms with Crippen LogP contribution in [0, 0.1) is 5.92 Å². The minimum absolute atomic E-state index is 0.0653. The van der Waals surface area contributed by atoms with Crippen molar-refractivity contribution >= 4 is 23.4 Å². The van der Waals surface area contributed by atoms with Gasteiger partial charge >= 0.3 is 0 Å². The molecule has 1 aliphatic carbocycles. The number of nitrogens with one attached hydrogen (secondary N) is 3. The molecule has 10 heteroatoms. The Morgan fingerprint density at radius 1 is 0.927 bits per heavy atom. The van der Waals surface area contributed by atoms with E-state index in [2.05, 4.69) is 39.1 Å². The smallest absolute Gasteiger partial charge is 0.244 e. The first kappa shape index (κ1) is 27.7. The van der Waals surface area contributed by atoms with Crippen LogP contribution in [0.2, 0.25) is 0 Å². The zero-order valence-corrected chi connectivity index (χ0v) is 22.5. The van der Waals surface area contributed by atoms with Crippen LogP contribution in [0.4, 0.5) is 5.69 Å². The molecule has 3 amide bonds. The van der Waals surface area contributed by atoms with Gasteiger partial charge in [0.25, 0.3) is 0 Å². The number of amides is 3. The minimum Gasteiger partial charge on any atom is -0.350 e. The van der Waals surface area contributed by atoms with E-state index < -0.39 is 11.8 Å². The van der Waals surface area contributed by atoms with Crippen molar-refractivity contribution in [3.8, 4) is 11.1 Å². The van der Waals surface area contributed by atoms with E-state index in [1.807, 2.05) is 54.6 Å². The molecule has 0 fully saturated rings. The highest BCUT2D eigenvalue weighted by Gasteiger charge is 2.23. The Morgan fingerprint density at radius 2 is 1.71 bits per heavy atom. The number of aryl methyl sites for hydroxylation is 1. The lowest BCUT2D eigenvalue weighted by Gasteiger charge is -2.15. The molecule has 0 saturated heterocycles. The summed E-state index contributed by atoms with van der Waals surface area (Å²) in [5.41, 5.74) is 8.86. The maximum absolute atomic E-state index is 12.8. The van der Waals surface area contributed by atoms with E-state index in [0.717, 1.165) is 17.7 Å². The highest BCUT2D eigenvalue weighted by Crippen LogP contribution is 2.37. The van der Waals surface area contributed by atoms with Crippen molar-refractivity contribution in [2.24, 2.45) is 5.92 Å². The lowest BCUT2D eigenvalue weighted by Crippen LogP contribution is -2.35. The highest BCUT2D eigenvalue weighted by atomic mass is 16.5. The number of aromatic nitrogens is 3. The van der Waals surface area contributed by atoms with Crippen LogP contribution in [0.15, 0.2) is 79.0 Å². The largest absolute Gasteiger partial charge is 0.350 e. The zero-order chi connectivity index (χ0) is 28.6. The van der Waals surface area contributed by atoms with Crippen LogP contribution >= 0.6 is 0 Å². The van der Waals surface area contributed by atoms with Gasteiger partial charge < -0.3 is 10.6 Å². The van der Waals surface area contributed by atoms with Gasteiger partial charge in [-0.3, -0.25) is 24.3 Å². The molecule has 1 aliphatic rings. The Morgan fingerprint density at radius 3 is 2.54 bits per heavy atom. The number of carbonyl (C=O) groups excluding carboxylic acids is 3. The molecule has 0 aliphatic heterocycles. The van der Waals surface area contributed by atoms with Crippen molar-refractivity contribution in [1.29, 1.82) is 0 Å².